The van der Waals surface area contributed by atoms with Crippen molar-refractivity contribution >= 4 is 43.7 Å². The van der Waals surface area contributed by atoms with Gasteiger partial charge in [-0.05, 0) is 88.3 Å². The predicted molar refractivity (Wildman–Crippen MR) is 224 cm³/mol. The summed E-state index contributed by atoms with van der Waals surface area (Å²) < 4.78 is 8.44. The highest BCUT2D eigenvalue weighted by molar-refractivity contribution is 6.10. The van der Waals surface area contributed by atoms with Crippen LogP contribution in [0.2, 0.25) is 0 Å². The van der Waals surface area contributed by atoms with Crippen LogP contribution < -0.4 is 0 Å². The van der Waals surface area contributed by atoms with Crippen LogP contribution in [-0.4, -0.2) is 14.5 Å². The van der Waals surface area contributed by atoms with Gasteiger partial charge in [0.1, 0.15) is 11.2 Å². The van der Waals surface area contributed by atoms with Gasteiger partial charge in [-0.25, -0.2) is 9.97 Å². The summed E-state index contributed by atoms with van der Waals surface area (Å²) in [7, 11) is 0. The van der Waals surface area contributed by atoms with E-state index in [2.05, 4.69) is 176 Å². The molecule has 0 bridgehead atoms. The molecule has 3 heterocycles. The van der Waals surface area contributed by atoms with Gasteiger partial charge in [-0.2, -0.15) is 0 Å². The fourth-order valence-corrected chi connectivity index (χ4v) is 7.69. The van der Waals surface area contributed by atoms with Crippen LogP contribution in [0.4, 0.5) is 0 Å². The first-order valence-electron chi connectivity index (χ1n) is 18.3. The Kier molecular flexibility index (Phi) is 7.55. The van der Waals surface area contributed by atoms with Crippen molar-refractivity contribution in [2.24, 2.45) is 0 Å². The molecule has 0 aliphatic rings. The molecule has 54 heavy (non-hydrogen) atoms. The van der Waals surface area contributed by atoms with Crippen molar-refractivity contribution in [1.82, 2.24) is 14.5 Å². The van der Waals surface area contributed by atoms with Gasteiger partial charge in [0.2, 0.25) is 5.95 Å². The minimum atomic E-state index is 0.268. The van der Waals surface area contributed by atoms with Crippen LogP contribution in [0.25, 0.3) is 94.5 Å². The minimum Gasteiger partial charge on any atom is -0.456 e. The van der Waals surface area contributed by atoms with Gasteiger partial charge in [0, 0.05) is 32.7 Å². The number of fused-ring (bicyclic) bond motifs is 6. The number of hydrogen-bond acceptors (Lipinski definition) is 3. The molecule has 0 aliphatic carbocycles. The Hall–Kier alpha value is -7.04. The molecule has 256 valence electrons. The third-order valence-electron chi connectivity index (χ3n) is 10.6. The van der Waals surface area contributed by atoms with Crippen molar-refractivity contribution in [2.45, 2.75) is 12.8 Å². The molecule has 0 aliphatic heterocycles. The standard InChI is InChI=1S/C50H35N3O/c1-3-32(2)35-22-25-48-42(28-35)43-30-39(23-26-49(43)54-48)37-18-12-17-36(27-37)38-21-24-47-41(29-38)40-19-10-11-20-46(40)53(47)50-51-44(33-13-6-4-7-14-33)31-45(52-50)34-15-8-5-9-16-34/h3-32H,1H2,2H3/t32-/m1/s1. The van der Waals surface area contributed by atoms with Gasteiger partial charge in [-0.15, -0.1) is 6.58 Å². The zero-order valence-electron chi connectivity index (χ0n) is 29.8. The van der Waals surface area contributed by atoms with Gasteiger partial charge >= 0.3 is 0 Å². The molecule has 0 unspecified atom stereocenters. The van der Waals surface area contributed by atoms with E-state index in [0.717, 1.165) is 88.5 Å². The van der Waals surface area contributed by atoms with Gasteiger partial charge < -0.3 is 4.42 Å². The summed E-state index contributed by atoms with van der Waals surface area (Å²) in [6.07, 6.45) is 1.98. The second-order valence-corrected chi connectivity index (χ2v) is 13.9. The molecule has 0 saturated heterocycles. The van der Waals surface area contributed by atoms with Gasteiger partial charge in [-0.3, -0.25) is 4.57 Å². The Morgan fingerprint density at radius 2 is 1.02 bits per heavy atom. The maximum Gasteiger partial charge on any atom is 0.235 e. The second-order valence-electron chi connectivity index (χ2n) is 13.9. The van der Waals surface area contributed by atoms with E-state index >= 15 is 0 Å². The molecule has 0 spiro atoms. The van der Waals surface area contributed by atoms with Crippen LogP contribution in [0.3, 0.4) is 0 Å². The van der Waals surface area contributed by atoms with E-state index in [9.17, 15) is 0 Å². The smallest absolute Gasteiger partial charge is 0.235 e. The van der Waals surface area contributed by atoms with E-state index in [1.807, 2.05) is 18.2 Å². The average Bonchev–Trinajstić information content (AvgIpc) is 3.78. The normalized spacial score (nSPS) is 12.2. The summed E-state index contributed by atoms with van der Waals surface area (Å²) in [5, 5.41) is 4.56. The average molecular weight is 694 g/mol. The maximum absolute atomic E-state index is 6.24. The van der Waals surface area contributed by atoms with Crippen LogP contribution in [0.1, 0.15) is 18.4 Å². The molecule has 4 heteroatoms. The van der Waals surface area contributed by atoms with Crippen LogP contribution in [-0.2, 0) is 0 Å². The van der Waals surface area contributed by atoms with Crippen LogP contribution in [0.15, 0.2) is 187 Å². The van der Waals surface area contributed by atoms with Crippen molar-refractivity contribution in [3.8, 4) is 50.7 Å². The lowest BCUT2D eigenvalue weighted by Crippen LogP contribution is -2.03. The molecule has 0 N–H and O–H groups in total. The summed E-state index contributed by atoms with van der Waals surface area (Å²) in [6, 6.07) is 59.8. The fraction of sp³-hybridized carbons (Fsp3) is 0.0400. The number of hydrogen-bond donors (Lipinski definition) is 0. The number of nitrogens with zero attached hydrogens (tertiary/aromatic N) is 3. The highest BCUT2D eigenvalue weighted by Gasteiger charge is 2.18. The van der Waals surface area contributed by atoms with E-state index in [0.29, 0.717) is 5.95 Å². The van der Waals surface area contributed by atoms with Crippen molar-refractivity contribution in [3.05, 3.63) is 188 Å². The van der Waals surface area contributed by atoms with Crippen molar-refractivity contribution < 1.29 is 4.42 Å². The van der Waals surface area contributed by atoms with Gasteiger partial charge in [-0.1, -0.05) is 128 Å². The minimum absolute atomic E-state index is 0.268. The molecular formula is C50H35N3O. The molecule has 0 radical (unpaired) electrons. The maximum atomic E-state index is 6.24. The van der Waals surface area contributed by atoms with E-state index in [4.69, 9.17) is 14.4 Å². The number of rotatable bonds is 7. The monoisotopic (exact) mass is 693 g/mol. The number of para-hydroxylation sites is 1. The quantitative estimate of drug-likeness (QED) is 0.156. The van der Waals surface area contributed by atoms with Crippen molar-refractivity contribution in [2.75, 3.05) is 0 Å². The van der Waals surface area contributed by atoms with Crippen molar-refractivity contribution in [1.29, 1.82) is 0 Å². The van der Waals surface area contributed by atoms with Crippen LogP contribution in [0, 0.1) is 0 Å². The lowest BCUT2D eigenvalue weighted by atomic mass is 9.96. The lowest BCUT2D eigenvalue weighted by molar-refractivity contribution is 0.668. The number of furan rings is 1. The molecular weight excluding hydrogens is 659 g/mol. The Labute approximate surface area is 313 Å². The SMILES string of the molecule is C=C[C@@H](C)c1ccc2oc3ccc(-c4cccc(-c5ccc6c(c5)c5ccccc5n6-c5nc(-c6ccccc6)cc(-c6ccccc6)n5)c4)cc3c2c1. The van der Waals surface area contributed by atoms with Gasteiger partial charge in [0.25, 0.3) is 0 Å². The Balaban J connectivity index is 1.09. The van der Waals surface area contributed by atoms with E-state index in [1.54, 1.807) is 0 Å². The van der Waals surface area contributed by atoms with E-state index in [1.165, 1.54) is 5.56 Å². The van der Waals surface area contributed by atoms with Crippen molar-refractivity contribution in [3.63, 3.8) is 0 Å². The number of aromatic nitrogens is 3. The summed E-state index contributed by atoms with van der Waals surface area (Å²) in [4.78, 5) is 10.4. The van der Waals surface area contributed by atoms with Crippen LogP contribution >= 0.6 is 0 Å². The predicted octanol–water partition coefficient (Wildman–Crippen LogP) is 13.4. The molecule has 7 aromatic carbocycles. The summed E-state index contributed by atoms with van der Waals surface area (Å²) >= 11 is 0. The molecule has 0 amide bonds. The fourth-order valence-electron chi connectivity index (χ4n) is 7.69. The second kappa shape index (κ2) is 12.9. The first-order valence-corrected chi connectivity index (χ1v) is 18.3. The third-order valence-corrected chi connectivity index (χ3v) is 10.6. The Bertz CT molecular complexity index is 2970. The first kappa shape index (κ1) is 31.7. The highest BCUT2D eigenvalue weighted by Crippen LogP contribution is 2.38. The largest absolute Gasteiger partial charge is 0.456 e. The van der Waals surface area contributed by atoms with Crippen LogP contribution in [0.5, 0.6) is 0 Å². The first-order chi connectivity index (χ1) is 26.6. The van der Waals surface area contributed by atoms with Gasteiger partial charge in [0.05, 0.1) is 22.4 Å². The summed E-state index contributed by atoms with van der Waals surface area (Å²) in [5.41, 5.74) is 13.6. The number of allylic oxidation sites excluding steroid dienone is 1. The third kappa shape index (κ3) is 5.39. The molecule has 4 nitrogen and oxygen atoms in total. The van der Waals surface area contributed by atoms with E-state index in [-0.39, 0.29) is 5.92 Å². The Morgan fingerprint density at radius 3 is 1.70 bits per heavy atom. The Morgan fingerprint density at radius 1 is 0.481 bits per heavy atom. The summed E-state index contributed by atoms with van der Waals surface area (Å²) in [5.74, 6) is 0.911. The molecule has 3 aromatic heterocycles. The lowest BCUT2D eigenvalue weighted by Gasteiger charge is -2.12. The molecule has 1 atom stereocenters. The number of benzene rings is 7. The topological polar surface area (TPSA) is 43.9 Å². The van der Waals surface area contributed by atoms with Gasteiger partial charge in [0.15, 0.2) is 0 Å². The zero-order chi connectivity index (χ0) is 36.2. The molecule has 10 rings (SSSR count). The highest BCUT2D eigenvalue weighted by atomic mass is 16.3. The summed E-state index contributed by atoms with van der Waals surface area (Å²) in [6.45, 7) is 6.17. The zero-order valence-corrected chi connectivity index (χ0v) is 29.8. The molecule has 0 saturated carbocycles. The molecule has 10 aromatic rings. The molecule has 0 fully saturated rings. The van der Waals surface area contributed by atoms with E-state index < -0.39 is 0 Å².